The minimum atomic E-state index is -1.00. The number of amides is 3. The van der Waals surface area contributed by atoms with Crippen LogP contribution in [0.25, 0.3) is 21.9 Å². The Bertz CT molecular complexity index is 2730. The molecule has 1 fully saturated rings. The third-order valence-electron chi connectivity index (χ3n) is 9.35. The minimum Gasteiger partial charge on any atom is -0.497 e. The van der Waals surface area contributed by atoms with E-state index in [4.69, 9.17) is 18.3 Å². The van der Waals surface area contributed by atoms with E-state index in [1.54, 1.807) is 104 Å². The average molecular weight is 802 g/mol. The number of carbonyl (C=O) groups excluding carboxylic acids is 4. The van der Waals surface area contributed by atoms with E-state index in [0.717, 1.165) is 4.90 Å². The number of thioether (sulfide) groups is 2. The van der Waals surface area contributed by atoms with Crippen LogP contribution in [0.15, 0.2) is 144 Å². The Balaban J connectivity index is 0.980. The van der Waals surface area contributed by atoms with Gasteiger partial charge in [-0.1, -0.05) is 48.5 Å². The average Bonchev–Trinajstić information content (AvgIpc) is 3.23. The van der Waals surface area contributed by atoms with E-state index >= 15 is 0 Å². The van der Waals surface area contributed by atoms with Crippen molar-refractivity contribution in [1.29, 1.82) is 0 Å². The highest BCUT2D eigenvalue weighted by molar-refractivity contribution is 8.01. The lowest BCUT2D eigenvalue weighted by atomic mass is 10.0. The van der Waals surface area contributed by atoms with Crippen LogP contribution in [-0.4, -0.2) is 58.6 Å². The molecule has 8 rings (SSSR count). The maximum atomic E-state index is 13.8. The largest absolute Gasteiger partial charge is 0.497 e. The van der Waals surface area contributed by atoms with Crippen LogP contribution < -0.4 is 26.6 Å². The summed E-state index contributed by atoms with van der Waals surface area (Å²) in [5.74, 6) is -1.28. The van der Waals surface area contributed by atoms with Gasteiger partial charge in [-0.3, -0.25) is 19.3 Å². The summed E-state index contributed by atoms with van der Waals surface area (Å²) in [6.07, 6.45) is 0. The summed E-state index contributed by atoms with van der Waals surface area (Å²) in [4.78, 5) is 81.1. The van der Waals surface area contributed by atoms with Gasteiger partial charge in [-0.2, -0.15) is 0 Å². The molecule has 2 aromatic heterocycles. The predicted octanol–water partition coefficient (Wildman–Crippen LogP) is 5.96. The van der Waals surface area contributed by atoms with Crippen molar-refractivity contribution < 1.29 is 37.5 Å². The maximum absolute atomic E-state index is 13.8. The summed E-state index contributed by atoms with van der Waals surface area (Å²) in [5, 5.41) is 5.95. The first-order valence-electron chi connectivity index (χ1n) is 17.5. The number of nitrogens with one attached hydrogen (secondary N) is 2. The van der Waals surface area contributed by atoms with Gasteiger partial charge < -0.3 is 28.9 Å². The molecule has 3 amide bonds. The number of ether oxygens (including phenoxy) is 2. The molecule has 57 heavy (non-hydrogen) atoms. The van der Waals surface area contributed by atoms with Crippen molar-refractivity contribution in [3.05, 3.63) is 158 Å². The van der Waals surface area contributed by atoms with E-state index in [1.165, 1.54) is 40.6 Å². The predicted molar refractivity (Wildman–Crippen MR) is 214 cm³/mol. The van der Waals surface area contributed by atoms with Crippen molar-refractivity contribution in [2.45, 2.75) is 22.9 Å². The zero-order valence-electron chi connectivity index (χ0n) is 30.0. The van der Waals surface area contributed by atoms with Gasteiger partial charge in [-0.25, -0.2) is 14.4 Å². The molecule has 1 saturated heterocycles. The summed E-state index contributed by atoms with van der Waals surface area (Å²) < 4.78 is 21.5. The van der Waals surface area contributed by atoms with Crippen molar-refractivity contribution in [2.75, 3.05) is 23.9 Å². The quantitative estimate of drug-likeness (QED) is 0.0682. The van der Waals surface area contributed by atoms with Crippen molar-refractivity contribution in [3.63, 3.8) is 0 Å². The summed E-state index contributed by atoms with van der Waals surface area (Å²) in [7, 11) is 1.55. The fourth-order valence-corrected chi connectivity index (χ4v) is 8.77. The SMILES string of the molecule is COc1ccc(COC(=O)C2=C(CSc3ccc(NC(=O)c4cc5ccccc5oc4=O)cc3)CS[C@@H]3[C@H](NC(=O)c4cc5ccccc5oc4=O)C(=O)N23)cc1. The number of hydrogen-bond donors (Lipinski definition) is 2. The van der Waals surface area contributed by atoms with Crippen molar-refractivity contribution in [2.24, 2.45) is 0 Å². The number of benzene rings is 4. The highest BCUT2D eigenvalue weighted by atomic mass is 32.2. The zero-order chi connectivity index (χ0) is 39.6. The Morgan fingerprint density at radius 1 is 0.807 bits per heavy atom. The van der Waals surface area contributed by atoms with Gasteiger partial charge in [0.1, 0.15) is 51.8 Å². The van der Waals surface area contributed by atoms with Gasteiger partial charge in [0, 0.05) is 32.9 Å². The number of rotatable bonds is 11. The molecule has 2 N–H and O–H groups in total. The summed E-state index contributed by atoms with van der Waals surface area (Å²) in [6.45, 7) is -0.0567. The Hall–Kier alpha value is -6.58. The molecule has 2 aliphatic heterocycles. The second kappa shape index (κ2) is 15.9. The standard InChI is InChI=1S/C42H31N3O10S2/c1-52-28-14-10-23(11-15-28)20-53-42(51)35-26(21-56-29-16-12-27(13-17-29)43-36(46)30-18-24-6-2-4-8-32(24)54-40(30)49)22-57-39-34(38(48)45(35)39)44-37(47)31-19-25-7-3-5-9-33(25)55-41(31)50/h2-19,34,39H,20-22H2,1H3,(H,43,46)(H,44,47)/t34-,39-/m1/s1. The fourth-order valence-electron chi connectivity index (χ4n) is 6.38. The Kier molecular flexibility index (Phi) is 10.4. The van der Waals surface area contributed by atoms with Gasteiger partial charge in [-0.15, -0.1) is 23.5 Å². The molecular formula is C42H31N3O10S2. The molecule has 0 aliphatic carbocycles. The van der Waals surface area contributed by atoms with Gasteiger partial charge >= 0.3 is 17.2 Å². The topological polar surface area (TPSA) is 174 Å². The van der Waals surface area contributed by atoms with Crippen molar-refractivity contribution in [1.82, 2.24) is 10.2 Å². The van der Waals surface area contributed by atoms with Gasteiger partial charge in [0.15, 0.2) is 0 Å². The van der Waals surface area contributed by atoms with E-state index in [0.29, 0.717) is 56.0 Å². The van der Waals surface area contributed by atoms with E-state index in [1.807, 2.05) is 0 Å². The second-order valence-electron chi connectivity index (χ2n) is 13.0. The Labute approximate surface area is 332 Å². The van der Waals surface area contributed by atoms with E-state index in [-0.39, 0.29) is 23.4 Å². The number of hydrogen-bond acceptors (Lipinski definition) is 12. The third-order valence-corrected chi connectivity index (χ3v) is 11.8. The van der Waals surface area contributed by atoms with E-state index < -0.39 is 46.4 Å². The van der Waals surface area contributed by atoms with Crippen LogP contribution in [0, 0.1) is 0 Å². The Morgan fingerprint density at radius 2 is 1.42 bits per heavy atom. The van der Waals surface area contributed by atoms with Crippen LogP contribution in [0.5, 0.6) is 5.75 Å². The molecule has 0 spiro atoms. The summed E-state index contributed by atoms with van der Waals surface area (Å²) >= 11 is 2.79. The van der Waals surface area contributed by atoms with Crippen LogP contribution >= 0.6 is 23.5 Å². The van der Waals surface area contributed by atoms with Crippen molar-refractivity contribution in [3.8, 4) is 5.75 Å². The molecule has 2 atom stereocenters. The highest BCUT2D eigenvalue weighted by Crippen LogP contribution is 2.42. The van der Waals surface area contributed by atoms with E-state index in [2.05, 4.69) is 10.6 Å². The number of methoxy groups -OCH3 is 1. The number of nitrogens with zero attached hydrogens (tertiary/aromatic N) is 1. The van der Waals surface area contributed by atoms with Crippen LogP contribution in [0.2, 0.25) is 0 Å². The summed E-state index contributed by atoms with van der Waals surface area (Å²) in [6, 6.07) is 29.6. The number of fused-ring (bicyclic) bond motifs is 3. The van der Waals surface area contributed by atoms with Gasteiger partial charge in [0.05, 0.1) is 7.11 Å². The van der Waals surface area contributed by atoms with Crippen LogP contribution in [0.4, 0.5) is 5.69 Å². The molecule has 15 heteroatoms. The van der Waals surface area contributed by atoms with Crippen LogP contribution in [-0.2, 0) is 20.9 Å². The fraction of sp³-hybridized carbons (Fsp3) is 0.143. The molecule has 4 aromatic carbocycles. The highest BCUT2D eigenvalue weighted by Gasteiger charge is 2.54. The number of β-lactam (4-membered cyclic amide) rings is 1. The van der Waals surface area contributed by atoms with Gasteiger partial charge in [-0.05, 0) is 71.8 Å². The third kappa shape index (κ3) is 7.66. The van der Waals surface area contributed by atoms with Crippen LogP contribution in [0.3, 0.4) is 0 Å². The Morgan fingerprint density at radius 3 is 2.05 bits per heavy atom. The minimum absolute atomic E-state index is 0.0567. The lowest BCUT2D eigenvalue weighted by Crippen LogP contribution is -2.70. The molecule has 2 aliphatic rings. The summed E-state index contributed by atoms with van der Waals surface area (Å²) in [5.41, 5.74) is 0.683. The molecule has 0 bridgehead atoms. The normalized spacial score (nSPS) is 16.2. The molecule has 0 saturated carbocycles. The van der Waals surface area contributed by atoms with Crippen LogP contribution in [0.1, 0.15) is 26.3 Å². The number of carbonyl (C=O) groups is 4. The first kappa shape index (κ1) is 37.3. The van der Waals surface area contributed by atoms with Gasteiger partial charge in [0.25, 0.3) is 17.7 Å². The zero-order valence-corrected chi connectivity index (χ0v) is 31.6. The molecule has 286 valence electrons. The van der Waals surface area contributed by atoms with Gasteiger partial charge in [0.2, 0.25) is 0 Å². The smallest absolute Gasteiger partial charge is 0.355 e. The second-order valence-corrected chi connectivity index (χ2v) is 15.1. The lowest BCUT2D eigenvalue weighted by molar-refractivity contribution is -0.152. The molecule has 4 heterocycles. The first-order valence-corrected chi connectivity index (χ1v) is 19.6. The lowest BCUT2D eigenvalue weighted by Gasteiger charge is -2.49. The number of esters is 1. The van der Waals surface area contributed by atoms with Crippen molar-refractivity contribution >= 4 is 74.8 Å². The maximum Gasteiger partial charge on any atom is 0.355 e. The molecule has 6 aromatic rings. The molecule has 0 radical (unpaired) electrons. The number of anilines is 1. The molecule has 13 nitrogen and oxygen atoms in total. The molecular weight excluding hydrogens is 771 g/mol. The monoisotopic (exact) mass is 801 g/mol. The first-order chi connectivity index (χ1) is 27.7. The number of para-hydroxylation sites is 2. The van der Waals surface area contributed by atoms with E-state index in [9.17, 15) is 28.8 Å². The molecule has 0 unspecified atom stereocenters.